The molecule has 7 heteroatoms. The van der Waals surface area contributed by atoms with Crippen LogP contribution in [0.25, 0.3) is 0 Å². The summed E-state index contributed by atoms with van der Waals surface area (Å²) in [6.45, 7) is 8.32. The monoisotopic (exact) mass is 293 g/mol. The van der Waals surface area contributed by atoms with E-state index in [4.69, 9.17) is 0 Å². The van der Waals surface area contributed by atoms with Crippen LogP contribution in [0.3, 0.4) is 0 Å². The predicted molar refractivity (Wildman–Crippen MR) is 87.1 cm³/mol. The maximum Gasteiger partial charge on any atom is 0.231 e. The minimum Gasteiger partial charge on any atom is -0.354 e. The van der Waals surface area contributed by atoms with Gasteiger partial charge in [0.2, 0.25) is 17.8 Å². The van der Waals surface area contributed by atoms with Crippen molar-refractivity contribution in [1.29, 1.82) is 0 Å². The Morgan fingerprint density at radius 2 is 1.71 bits per heavy atom. The fourth-order valence-electron chi connectivity index (χ4n) is 2.43. The summed E-state index contributed by atoms with van der Waals surface area (Å²) in [5.41, 5.74) is 0. The van der Waals surface area contributed by atoms with Crippen LogP contribution in [0.15, 0.2) is 0 Å². The number of rotatable bonds is 7. The first kappa shape index (κ1) is 15.8. The lowest BCUT2D eigenvalue weighted by molar-refractivity contribution is 0.269. The van der Waals surface area contributed by atoms with Gasteiger partial charge in [0.1, 0.15) is 0 Å². The lowest BCUT2D eigenvalue weighted by atomic mass is 10.3. The number of anilines is 3. The van der Waals surface area contributed by atoms with E-state index in [0.717, 1.165) is 13.1 Å². The van der Waals surface area contributed by atoms with Gasteiger partial charge in [-0.2, -0.15) is 15.0 Å². The van der Waals surface area contributed by atoms with Gasteiger partial charge in [-0.15, -0.1) is 0 Å². The molecule has 2 N–H and O–H groups in total. The van der Waals surface area contributed by atoms with Gasteiger partial charge in [0.25, 0.3) is 0 Å². The lowest BCUT2D eigenvalue weighted by Gasteiger charge is -2.24. The molecule has 1 aromatic heterocycles. The molecular weight excluding hydrogens is 266 g/mol. The Morgan fingerprint density at radius 3 is 2.29 bits per heavy atom. The Morgan fingerprint density at radius 1 is 1.10 bits per heavy atom. The van der Waals surface area contributed by atoms with Crippen LogP contribution in [-0.2, 0) is 0 Å². The van der Waals surface area contributed by atoms with Gasteiger partial charge in [0, 0.05) is 33.2 Å². The lowest BCUT2D eigenvalue weighted by Crippen LogP contribution is -2.36. The fraction of sp³-hybridized carbons (Fsp3) is 0.786. The van der Waals surface area contributed by atoms with Crippen molar-refractivity contribution in [2.45, 2.75) is 32.7 Å². The highest BCUT2D eigenvalue weighted by Gasteiger charge is 2.18. The normalized spacial score (nSPS) is 16.8. The van der Waals surface area contributed by atoms with Crippen molar-refractivity contribution < 1.29 is 0 Å². The number of nitrogens with zero attached hydrogens (tertiary/aromatic N) is 5. The smallest absolute Gasteiger partial charge is 0.231 e. The number of hydrogen-bond acceptors (Lipinski definition) is 7. The average molecular weight is 293 g/mol. The van der Waals surface area contributed by atoms with Gasteiger partial charge in [-0.1, -0.05) is 0 Å². The van der Waals surface area contributed by atoms with Gasteiger partial charge >= 0.3 is 0 Å². The first-order chi connectivity index (χ1) is 10.1. The van der Waals surface area contributed by atoms with Crippen molar-refractivity contribution in [3.05, 3.63) is 0 Å². The van der Waals surface area contributed by atoms with E-state index in [1.54, 1.807) is 0 Å². The largest absolute Gasteiger partial charge is 0.354 e. The SMILES string of the molecule is CCNc1nc(NCC(C)N2CCCC2)nc(N(C)C)n1. The topological polar surface area (TPSA) is 69.2 Å². The highest BCUT2D eigenvalue weighted by molar-refractivity contribution is 5.42. The van der Waals surface area contributed by atoms with E-state index in [2.05, 4.69) is 37.4 Å². The average Bonchev–Trinajstić information content (AvgIpc) is 2.99. The van der Waals surface area contributed by atoms with Crippen LogP contribution in [0.1, 0.15) is 26.7 Å². The molecule has 1 saturated heterocycles. The minimum atomic E-state index is 0.495. The highest BCUT2D eigenvalue weighted by atomic mass is 15.3. The molecule has 2 rings (SSSR count). The first-order valence-electron chi connectivity index (χ1n) is 7.75. The Labute approximate surface area is 127 Å². The van der Waals surface area contributed by atoms with E-state index in [9.17, 15) is 0 Å². The summed E-state index contributed by atoms with van der Waals surface area (Å²) in [5.74, 6) is 1.92. The van der Waals surface area contributed by atoms with Gasteiger partial charge in [0.05, 0.1) is 0 Å². The van der Waals surface area contributed by atoms with Crippen LogP contribution in [0.2, 0.25) is 0 Å². The first-order valence-corrected chi connectivity index (χ1v) is 7.75. The summed E-state index contributed by atoms with van der Waals surface area (Å²) in [6.07, 6.45) is 2.62. The van der Waals surface area contributed by atoms with Crippen molar-refractivity contribution in [3.8, 4) is 0 Å². The van der Waals surface area contributed by atoms with Gasteiger partial charge in [-0.3, -0.25) is 4.90 Å². The Balaban J connectivity index is 2.00. The van der Waals surface area contributed by atoms with Crippen LogP contribution >= 0.6 is 0 Å². The highest BCUT2D eigenvalue weighted by Crippen LogP contribution is 2.14. The molecule has 0 amide bonds. The molecule has 1 atom stereocenters. The molecule has 1 fully saturated rings. The number of likely N-dealkylation sites (tertiary alicyclic amines) is 1. The van der Waals surface area contributed by atoms with E-state index in [1.807, 2.05) is 25.9 Å². The molecule has 118 valence electrons. The van der Waals surface area contributed by atoms with E-state index in [1.165, 1.54) is 25.9 Å². The zero-order valence-corrected chi connectivity index (χ0v) is 13.6. The molecule has 1 unspecified atom stereocenters. The van der Waals surface area contributed by atoms with Crippen molar-refractivity contribution in [3.63, 3.8) is 0 Å². The van der Waals surface area contributed by atoms with Gasteiger partial charge in [0.15, 0.2) is 0 Å². The molecule has 1 aromatic rings. The molecule has 21 heavy (non-hydrogen) atoms. The maximum absolute atomic E-state index is 4.45. The molecule has 0 radical (unpaired) electrons. The van der Waals surface area contributed by atoms with Crippen molar-refractivity contribution in [1.82, 2.24) is 19.9 Å². The zero-order chi connectivity index (χ0) is 15.2. The molecule has 2 heterocycles. The van der Waals surface area contributed by atoms with Crippen LogP contribution in [0, 0.1) is 0 Å². The summed E-state index contributed by atoms with van der Waals surface area (Å²) in [6, 6.07) is 0.495. The van der Waals surface area contributed by atoms with E-state index < -0.39 is 0 Å². The van der Waals surface area contributed by atoms with E-state index >= 15 is 0 Å². The molecule has 1 aliphatic rings. The molecular formula is C14H27N7. The third-order valence-electron chi connectivity index (χ3n) is 3.68. The summed E-state index contributed by atoms with van der Waals surface area (Å²) < 4.78 is 0. The van der Waals surface area contributed by atoms with Gasteiger partial charge < -0.3 is 15.5 Å². The second-order valence-electron chi connectivity index (χ2n) is 5.68. The van der Waals surface area contributed by atoms with Crippen LogP contribution in [0.4, 0.5) is 17.8 Å². The minimum absolute atomic E-state index is 0.495. The standard InChI is InChI=1S/C14H27N7/c1-5-15-12-17-13(19-14(18-12)20(3)4)16-10-11(2)21-8-6-7-9-21/h11H,5-10H2,1-4H3,(H2,15,16,17,18,19). The van der Waals surface area contributed by atoms with E-state index in [0.29, 0.717) is 23.9 Å². The Hall–Kier alpha value is -1.63. The summed E-state index contributed by atoms with van der Waals surface area (Å²) in [4.78, 5) is 17.6. The summed E-state index contributed by atoms with van der Waals surface area (Å²) >= 11 is 0. The second-order valence-corrected chi connectivity index (χ2v) is 5.68. The second kappa shape index (κ2) is 7.40. The number of nitrogens with one attached hydrogen (secondary N) is 2. The zero-order valence-electron chi connectivity index (χ0n) is 13.6. The number of hydrogen-bond donors (Lipinski definition) is 2. The van der Waals surface area contributed by atoms with Crippen LogP contribution < -0.4 is 15.5 Å². The molecule has 0 spiro atoms. The van der Waals surface area contributed by atoms with Gasteiger partial charge in [-0.05, 0) is 39.8 Å². The van der Waals surface area contributed by atoms with Crippen molar-refractivity contribution in [2.75, 3.05) is 55.8 Å². The summed E-state index contributed by atoms with van der Waals surface area (Å²) in [5, 5.41) is 6.49. The van der Waals surface area contributed by atoms with Crippen LogP contribution in [-0.4, -0.2) is 66.2 Å². The van der Waals surface area contributed by atoms with Crippen molar-refractivity contribution in [2.24, 2.45) is 0 Å². The molecule has 1 aliphatic heterocycles. The number of aromatic nitrogens is 3. The fourth-order valence-corrected chi connectivity index (χ4v) is 2.43. The molecule has 0 saturated carbocycles. The maximum atomic E-state index is 4.45. The third-order valence-corrected chi connectivity index (χ3v) is 3.68. The molecule has 0 bridgehead atoms. The molecule has 7 nitrogen and oxygen atoms in total. The van der Waals surface area contributed by atoms with Crippen molar-refractivity contribution >= 4 is 17.8 Å². The molecule has 0 aliphatic carbocycles. The Kier molecular flexibility index (Phi) is 5.55. The van der Waals surface area contributed by atoms with E-state index in [-0.39, 0.29) is 0 Å². The van der Waals surface area contributed by atoms with Gasteiger partial charge in [-0.25, -0.2) is 0 Å². The molecule has 0 aromatic carbocycles. The summed E-state index contributed by atoms with van der Waals surface area (Å²) in [7, 11) is 3.86. The van der Waals surface area contributed by atoms with Crippen LogP contribution in [0.5, 0.6) is 0 Å². The predicted octanol–water partition coefficient (Wildman–Crippen LogP) is 1.27. The quantitative estimate of drug-likeness (QED) is 0.784. The third kappa shape index (κ3) is 4.42. The Bertz CT molecular complexity index is 443.